The first-order valence-electron chi connectivity index (χ1n) is 9.33. The number of nitrogens with zero attached hydrogens (tertiary/aromatic N) is 1. The maximum atomic E-state index is 11.8. The van der Waals surface area contributed by atoms with E-state index >= 15 is 0 Å². The standard InChI is InChI=1S/C23H18Cl2N2O3S/c1-31(28,29)20-12-4-16(5-13-20)23-22(15-2-6-17(24)7-3-15)26-21(27-23)14-30-19-10-8-18(25)9-11-19/h2-13H,14H2,1H3,(H,26,27). The summed E-state index contributed by atoms with van der Waals surface area (Å²) in [5.74, 6) is 1.30. The molecule has 0 aliphatic heterocycles. The van der Waals surface area contributed by atoms with Gasteiger partial charge in [0.25, 0.3) is 0 Å². The molecule has 0 bridgehead atoms. The normalized spacial score (nSPS) is 11.5. The molecule has 8 heteroatoms. The summed E-state index contributed by atoms with van der Waals surface area (Å²) in [6.45, 7) is 0.226. The summed E-state index contributed by atoms with van der Waals surface area (Å²) >= 11 is 12.0. The molecule has 0 unspecified atom stereocenters. The van der Waals surface area contributed by atoms with E-state index in [1.807, 2.05) is 12.1 Å². The lowest BCUT2D eigenvalue weighted by Crippen LogP contribution is -1.97. The Hall–Kier alpha value is -2.80. The van der Waals surface area contributed by atoms with Gasteiger partial charge in [0.05, 0.1) is 16.3 Å². The molecule has 158 valence electrons. The summed E-state index contributed by atoms with van der Waals surface area (Å²) in [6.07, 6.45) is 1.18. The maximum Gasteiger partial charge on any atom is 0.175 e. The van der Waals surface area contributed by atoms with E-state index in [2.05, 4.69) is 4.98 Å². The summed E-state index contributed by atoms with van der Waals surface area (Å²) in [4.78, 5) is 8.29. The Labute approximate surface area is 190 Å². The van der Waals surface area contributed by atoms with Gasteiger partial charge in [-0.05, 0) is 48.5 Å². The number of nitrogens with one attached hydrogen (secondary N) is 1. The molecule has 0 radical (unpaired) electrons. The molecule has 0 saturated heterocycles. The molecule has 31 heavy (non-hydrogen) atoms. The lowest BCUT2D eigenvalue weighted by atomic mass is 10.1. The average molecular weight is 473 g/mol. The third-order valence-corrected chi connectivity index (χ3v) is 6.26. The Kier molecular flexibility index (Phi) is 6.05. The molecule has 5 nitrogen and oxygen atoms in total. The highest BCUT2D eigenvalue weighted by Crippen LogP contribution is 2.32. The van der Waals surface area contributed by atoms with Crippen LogP contribution in [0.3, 0.4) is 0 Å². The number of halogens is 2. The first-order valence-corrected chi connectivity index (χ1v) is 12.0. The van der Waals surface area contributed by atoms with Crippen molar-refractivity contribution in [2.75, 3.05) is 6.26 Å². The third kappa shape index (κ3) is 5.10. The average Bonchev–Trinajstić information content (AvgIpc) is 3.18. The highest BCUT2D eigenvalue weighted by molar-refractivity contribution is 7.90. The van der Waals surface area contributed by atoms with Crippen LogP contribution < -0.4 is 4.74 Å². The fourth-order valence-corrected chi connectivity index (χ4v) is 3.95. The lowest BCUT2D eigenvalue weighted by molar-refractivity contribution is 0.297. The van der Waals surface area contributed by atoms with Crippen LogP contribution >= 0.6 is 23.2 Å². The number of ether oxygens (including phenoxy) is 1. The zero-order chi connectivity index (χ0) is 22.0. The van der Waals surface area contributed by atoms with E-state index in [-0.39, 0.29) is 11.5 Å². The van der Waals surface area contributed by atoms with Gasteiger partial charge in [-0.25, -0.2) is 13.4 Å². The molecule has 0 aliphatic carbocycles. The van der Waals surface area contributed by atoms with Crippen LogP contribution in [0.15, 0.2) is 77.7 Å². The van der Waals surface area contributed by atoms with Crippen molar-refractivity contribution in [3.8, 4) is 28.3 Å². The molecule has 4 aromatic rings. The predicted octanol–water partition coefficient (Wildman–Crippen LogP) is 6.03. The van der Waals surface area contributed by atoms with Gasteiger partial charge in [0.1, 0.15) is 18.2 Å². The monoisotopic (exact) mass is 472 g/mol. The largest absolute Gasteiger partial charge is 0.486 e. The van der Waals surface area contributed by atoms with Crippen LogP contribution in [0.5, 0.6) is 5.75 Å². The first kappa shape index (κ1) is 21.4. The molecule has 0 atom stereocenters. The number of hydrogen-bond donors (Lipinski definition) is 1. The van der Waals surface area contributed by atoms with Crippen molar-refractivity contribution in [1.29, 1.82) is 0 Å². The van der Waals surface area contributed by atoms with Crippen LogP contribution in [0.4, 0.5) is 0 Å². The van der Waals surface area contributed by atoms with Gasteiger partial charge in [0.15, 0.2) is 9.84 Å². The summed E-state index contributed by atoms with van der Waals surface area (Å²) in [5, 5.41) is 1.27. The van der Waals surface area contributed by atoms with Crippen LogP contribution in [0.2, 0.25) is 10.0 Å². The Morgan fingerprint density at radius 2 is 1.39 bits per heavy atom. The Morgan fingerprint density at radius 1 is 0.839 bits per heavy atom. The Balaban J connectivity index is 1.70. The predicted molar refractivity (Wildman–Crippen MR) is 123 cm³/mol. The molecule has 1 heterocycles. The van der Waals surface area contributed by atoms with E-state index in [0.717, 1.165) is 16.8 Å². The van der Waals surface area contributed by atoms with Crippen molar-refractivity contribution >= 4 is 33.0 Å². The van der Waals surface area contributed by atoms with Crippen LogP contribution in [0, 0.1) is 0 Å². The molecule has 4 rings (SSSR count). The highest BCUT2D eigenvalue weighted by atomic mass is 35.5. The topological polar surface area (TPSA) is 72.1 Å². The Morgan fingerprint density at radius 3 is 1.97 bits per heavy atom. The van der Waals surface area contributed by atoms with Crippen molar-refractivity contribution in [3.05, 3.63) is 88.7 Å². The van der Waals surface area contributed by atoms with Crippen LogP contribution in [0.25, 0.3) is 22.5 Å². The van der Waals surface area contributed by atoms with E-state index in [1.165, 1.54) is 6.26 Å². The number of sulfone groups is 1. The molecule has 3 aromatic carbocycles. The lowest BCUT2D eigenvalue weighted by Gasteiger charge is -2.05. The first-order chi connectivity index (χ1) is 14.8. The minimum Gasteiger partial charge on any atom is -0.486 e. The number of benzene rings is 3. The molecule has 0 saturated carbocycles. The molecule has 0 spiro atoms. The number of rotatable bonds is 6. The van der Waals surface area contributed by atoms with Crippen molar-refractivity contribution < 1.29 is 13.2 Å². The second kappa shape index (κ2) is 8.75. The summed E-state index contributed by atoms with van der Waals surface area (Å²) < 4.78 is 29.4. The van der Waals surface area contributed by atoms with E-state index in [9.17, 15) is 8.42 Å². The quantitative estimate of drug-likeness (QED) is 0.371. The zero-order valence-corrected chi connectivity index (χ0v) is 18.8. The van der Waals surface area contributed by atoms with Crippen LogP contribution in [0.1, 0.15) is 5.82 Å². The molecule has 0 aliphatic rings. The highest BCUT2D eigenvalue weighted by Gasteiger charge is 2.16. The molecular weight excluding hydrogens is 455 g/mol. The molecular formula is C23H18Cl2N2O3S. The van der Waals surface area contributed by atoms with Crippen molar-refractivity contribution in [1.82, 2.24) is 9.97 Å². The van der Waals surface area contributed by atoms with Crippen LogP contribution in [-0.4, -0.2) is 24.6 Å². The molecule has 0 amide bonds. The van der Waals surface area contributed by atoms with Gasteiger partial charge in [-0.3, -0.25) is 0 Å². The fourth-order valence-electron chi connectivity index (χ4n) is 3.07. The van der Waals surface area contributed by atoms with E-state index in [4.69, 9.17) is 32.9 Å². The molecule has 0 fully saturated rings. The van der Waals surface area contributed by atoms with E-state index in [0.29, 0.717) is 27.3 Å². The summed E-state index contributed by atoms with van der Waals surface area (Å²) in [5.41, 5.74) is 3.17. The maximum absolute atomic E-state index is 11.8. The zero-order valence-electron chi connectivity index (χ0n) is 16.5. The number of aromatic nitrogens is 2. The number of hydrogen-bond acceptors (Lipinski definition) is 4. The third-order valence-electron chi connectivity index (χ3n) is 4.63. The SMILES string of the molecule is CS(=O)(=O)c1ccc(-c2nc(COc3ccc(Cl)cc3)[nH]c2-c2ccc(Cl)cc2)cc1. The molecule has 1 N–H and O–H groups in total. The van der Waals surface area contributed by atoms with Gasteiger partial charge in [0, 0.05) is 27.4 Å². The van der Waals surface area contributed by atoms with Crippen molar-refractivity contribution in [2.24, 2.45) is 0 Å². The summed E-state index contributed by atoms with van der Waals surface area (Å²) in [7, 11) is -3.28. The van der Waals surface area contributed by atoms with E-state index < -0.39 is 9.84 Å². The fraction of sp³-hybridized carbons (Fsp3) is 0.0870. The van der Waals surface area contributed by atoms with E-state index in [1.54, 1.807) is 60.7 Å². The van der Waals surface area contributed by atoms with Gasteiger partial charge in [-0.15, -0.1) is 0 Å². The van der Waals surface area contributed by atoms with Crippen molar-refractivity contribution in [2.45, 2.75) is 11.5 Å². The van der Waals surface area contributed by atoms with Gasteiger partial charge in [-0.1, -0.05) is 47.5 Å². The van der Waals surface area contributed by atoms with Gasteiger partial charge < -0.3 is 9.72 Å². The molecule has 1 aromatic heterocycles. The minimum atomic E-state index is -3.28. The number of aromatic amines is 1. The van der Waals surface area contributed by atoms with Crippen LogP contribution in [-0.2, 0) is 16.4 Å². The van der Waals surface area contributed by atoms with Gasteiger partial charge in [0.2, 0.25) is 0 Å². The number of H-pyrrole nitrogens is 1. The summed E-state index contributed by atoms with van der Waals surface area (Å²) in [6, 6.07) is 21.1. The second-order valence-corrected chi connectivity index (χ2v) is 9.84. The van der Waals surface area contributed by atoms with Crippen molar-refractivity contribution in [3.63, 3.8) is 0 Å². The Bertz CT molecular complexity index is 1300. The minimum absolute atomic E-state index is 0.226. The second-order valence-electron chi connectivity index (χ2n) is 6.95. The van der Waals surface area contributed by atoms with Gasteiger partial charge >= 0.3 is 0 Å². The smallest absolute Gasteiger partial charge is 0.175 e. The number of imidazole rings is 1. The van der Waals surface area contributed by atoms with Gasteiger partial charge in [-0.2, -0.15) is 0 Å².